The predicted molar refractivity (Wildman–Crippen MR) is 156 cm³/mol. The molecule has 7 aromatic rings. The highest BCUT2D eigenvalue weighted by molar-refractivity contribution is 6.39. The van der Waals surface area contributed by atoms with Gasteiger partial charge in [-0.25, -0.2) is 0 Å². The maximum Gasteiger partial charge on any atom is 0.0614 e. The maximum absolute atomic E-state index is 3.81. The van der Waals surface area contributed by atoms with Crippen LogP contribution in [0.5, 0.6) is 0 Å². The van der Waals surface area contributed by atoms with E-state index >= 15 is 0 Å². The highest BCUT2D eigenvalue weighted by Crippen LogP contribution is 2.46. The molecule has 0 atom stereocenters. The molecule has 3 aromatic heterocycles. The number of rotatable bonds is 2. The van der Waals surface area contributed by atoms with Crippen LogP contribution in [-0.4, -0.2) is 14.1 Å². The summed E-state index contributed by atoms with van der Waals surface area (Å²) in [5.41, 5.74) is 7.77. The Kier molecular flexibility index (Phi) is 6.02. The molecule has 7 rings (SSSR count). The number of nitrogens with one attached hydrogen (secondary N) is 1. The molecular formula is C32H35N3. The molecular weight excluding hydrogens is 426 g/mol. The molecule has 0 aliphatic carbocycles. The molecule has 0 bridgehead atoms. The van der Waals surface area contributed by atoms with Gasteiger partial charge in [-0.05, 0) is 32.0 Å². The van der Waals surface area contributed by atoms with Crippen LogP contribution < -0.4 is 0 Å². The Labute approximate surface area is 207 Å². The highest BCUT2D eigenvalue weighted by atomic mass is 15.0. The zero-order valence-corrected chi connectivity index (χ0v) is 21.7. The van der Waals surface area contributed by atoms with Gasteiger partial charge in [0, 0.05) is 62.0 Å². The van der Waals surface area contributed by atoms with Crippen molar-refractivity contribution in [2.24, 2.45) is 0 Å². The molecule has 1 N–H and O–H groups in total. The number of fused-ring (bicyclic) bond motifs is 12. The number of aryl methyl sites for hydroxylation is 2. The van der Waals surface area contributed by atoms with Gasteiger partial charge in [0.15, 0.2) is 0 Å². The number of benzene rings is 4. The summed E-state index contributed by atoms with van der Waals surface area (Å²) in [5, 5.41) is 8.03. The molecule has 0 amide bonds. The lowest BCUT2D eigenvalue weighted by Gasteiger charge is -2.08. The first kappa shape index (κ1) is 23.0. The number of H-pyrrole nitrogens is 1. The Morgan fingerprint density at radius 3 is 1.51 bits per heavy atom. The van der Waals surface area contributed by atoms with E-state index in [2.05, 4.69) is 101 Å². The fourth-order valence-electron chi connectivity index (χ4n) is 5.85. The van der Waals surface area contributed by atoms with Crippen molar-refractivity contribution in [3.05, 3.63) is 72.8 Å². The third-order valence-corrected chi connectivity index (χ3v) is 7.00. The normalized spacial score (nSPS) is 11.4. The summed E-state index contributed by atoms with van der Waals surface area (Å²) in [6.45, 7) is 14.4. The first-order valence-corrected chi connectivity index (χ1v) is 13.2. The van der Waals surface area contributed by atoms with E-state index < -0.39 is 0 Å². The van der Waals surface area contributed by atoms with Gasteiger partial charge in [-0.3, -0.25) is 0 Å². The fourth-order valence-corrected chi connectivity index (χ4v) is 5.85. The topological polar surface area (TPSA) is 25.6 Å². The summed E-state index contributed by atoms with van der Waals surface area (Å²) >= 11 is 0. The van der Waals surface area contributed by atoms with Crippen LogP contribution in [0.4, 0.5) is 0 Å². The molecule has 0 radical (unpaired) electrons. The SMILES string of the molecule is CC.CC.CCn1c2ccccc2c2c3[nH]c4ccccc4c3c3c(c4ccccc4n3CC)c21. The predicted octanol–water partition coefficient (Wildman–Crippen LogP) is 9.63. The van der Waals surface area contributed by atoms with Crippen molar-refractivity contribution < 1.29 is 0 Å². The van der Waals surface area contributed by atoms with Gasteiger partial charge in [0.05, 0.1) is 16.6 Å². The van der Waals surface area contributed by atoms with Crippen LogP contribution in [0.25, 0.3) is 65.4 Å². The monoisotopic (exact) mass is 461 g/mol. The van der Waals surface area contributed by atoms with E-state index in [9.17, 15) is 0 Å². The minimum Gasteiger partial charge on any atom is -0.354 e. The molecule has 0 unspecified atom stereocenters. The average molecular weight is 462 g/mol. The van der Waals surface area contributed by atoms with Gasteiger partial charge in [0.1, 0.15) is 0 Å². The van der Waals surface area contributed by atoms with Gasteiger partial charge in [0.25, 0.3) is 0 Å². The van der Waals surface area contributed by atoms with Crippen molar-refractivity contribution >= 4 is 65.4 Å². The Balaban J connectivity index is 0.000000605. The van der Waals surface area contributed by atoms with Crippen molar-refractivity contribution in [1.82, 2.24) is 14.1 Å². The van der Waals surface area contributed by atoms with Gasteiger partial charge >= 0.3 is 0 Å². The Bertz CT molecular complexity index is 1770. The minimum atomic E-state index is 0.941. The van der Waals surface area contributed by atoms with Crippen LogP contribution in [0.1, 0.15) is 41.5 Å². The molecule has 0 saturated carbocycles. The minimum absolute atomic E-state index is 0.941. The van der Waals surface area contributed by atoms with E-state index in [0.717, 1.165) is 13.1 Å². The molecule has 3 heterocycles. The van der Waals surface area contributed by atoms with Crippen LogP contribution in [-0.2, 0) is 13.1 Å². The zero-order chi connectivity index (χ0) is 24.7. The maximum atomic E-state index is 3.81. The smallest absolute Gasteiger partial charge is 0.0614 e. The van der Waals surface area contributed by atoms with Crippen molar-refractivity contribution in [3.8, 4) is 0 Å². The van der Waals surface area contributed by atoms with Crippen LogP contribution in [0.15, 0.2) is 72.8 Å². The molecule has 4 aromatic carbocycles. The number of hydrogen-bond donors (Lipinski definition) is 1. The third-order valence-electron chi connectivity index (χ3n) is 7.00. The second-order valence-corrected chi connectivity index (χ2v) is 8.39. The summed E-state index contributed by atoms with van der Waals surface area (Å²) in [6.07, 6.45) is 0. The highest BCUT2D eigenvalue weighted by Gasteiger charge is 2.24. The van der Waals surface area contributed by atoms with E-state index in [0.29, 0.717) is 0 Å². The Morgan fingerprint density at radius 1 is 0.543 bits per heavy atom. The van der Waals surface area contributed by atoms with Gasteiger partial charge in [-0.1, -0.05) is 82.3 Å². The van der Waals surface area contributed by atoms with E-state index in [1.165, 1.54) is 65.4 Å². The summed E-state index contributed by atoms with van der Waals surface area (Å²) in [6, 6.07) is 26.5. The lowest BCUT2D eigenvalue weighted by molar-refractivity contribution is 0.825. The third kappa shape index (κ3) is 3.04. The zero-order valence-electron chi connectivity index (χ0n) is 21.7. The largest absolute Gasteiger partial charge is 0.354 e. The van der Waals surface area contributed by atoms with Gasteiger partial charge in [-0.15, -0.1) is 0 Å². The summed E-state index contributed by atoms with van der Waals surface area (Å²) < 4.78 is 5.01. The average Bonchev–Trinajstić information content (AvgIpc) is 3.58. The van der Waals surface area contributed by atoms with Gasteiger partial charge < -0.3 is 14.1 Å². The first-order valence-electron chi connectivity index (χ1n) is 13.2. The number of para-hydroxylation sites is 3. The number of aromatic amines is 1. The van der Waals surface area contributed by atoms with Gasteiger partial charge in [-0.2, -0.15) is 0 Å². The molecule has 35 heavy (non-hydrogen) atoms. The molecule has 0 saturated heterocycles. The first-order chi connectivity index (χ1) is 17.3. The second kappa shape index (κ2) is 9.14. The van der Waals surface area contributed by atoms with Crippen LogP contribution >= 0.6 is 0 Å². The van der Waals surface area contributed by atoms with Crippen molar-refractivity contribution in [2.45, 2.75) is 54.6 Å². The molecule has 3 heteroatoms. The van der Waals surface area contributed by atoms with E-state index in [-0.39, 0.29) is 0 Å². The van der Waals surface area contributed by atoms with Crippen LogP contribution in [0.3, 0.4) is 0 Å². The molecule has 3 nitrogen and oxygen atoms in total. The van der Waals surface area contributed by atoms with E-state index in [4.69, 9.17) is 0 Å². The molecule has 0 aliphatic rings. The van der Waals surface area contributed by atoms with Gasteiger partial charge in [0.2, 0.25) is 0 Å². The standard InChI is InChI=1S/C28H23N3.2C2H6/c1-3-30-21-15-9-6-12-18(21)24-26-23(17-11-5-8-14-20(17)29-26)27-25(28(24)30)19-13-7-10-16-22(19)31(27)4-2;2*1-2/h5-16,29H,3-4H2,1-2H3;2*1-2H3. The van der Waals surface area contributed by atoms with E-state index in [1.54, 1.807) is 0 Å². The van der Waals surface area contributed by atoms with Crippen molar-refractivity contribution in [3.63, 3.8) is 0 Å². The van der Waals surface area contributed by atoms with Crippen LogP contribution in [0, 0.1) is 0 Å². The lowest BCUT2D eigenvalue weighted by Crippen LogP contribution is -1.96. The summed E-state index contributed by atoms with van der Waals surface area (Å²) in [7, 11) is 0. The number of aromatic nitrogens is 3. The number of nitrogens with zero attached hydrogens (tertiary/aromatic N) is 2. The van der Waals surface area contributed by atoms with E-state index in [1.807, 2.05) is 27.7 Å². The molecule has 0 spiro atoms. The van der Waals surface area contributed by atoms with Crippen molar-refractivity contribution in [2.75, 3.05) is 0 Å². The molecule has 178 valence electrons. The van der Waals surface area contributed by atoms with Crippen molar-refractivity contribution in [1.29, 1.82) is 0 Å². The molecule has 0 fully saturated rings. The number of hydrogen-bond acceptors (Lipinski definition) is 0. The lowest BCUT2D eigenvalue weighted by atomic mass is 10.0. The quantitative estimate of drug-likeness (QED) is 0.265. The summed E-state index contributed by atoms with van der Waals surface area (Å²) in [5.74, 6) is 0. The summed E-state index contributed by atoms with van der Waals surface area (Å²) in [4.78, 5) is 3.81. The molecule has 0 aliphatic heterocycles. The Hall–Kier alpha value is -3.72. The second-order valence-electron chi connectivity index (χ2n) is 8.39. The van der Waals surface area contributed by atoms with Crippen LogP contribution in [0.2, 0.25) is 0 Å². The fraction of sp³-hybridized carbons (Fsp3) is 0.250. The Morgan fingerprint density at radius 2 is 0.971 bits per heavy atom.